The normalized spacial score (nSPS) is 10.8. The van der Waals surface area contributed by atoms with E-state index in [0.717, 1.165) is 0 Å². The van der Waals surface area contributed by atoms with Gasteiger partial charge in [-0.1, -0.05) is 0 Å². The highest BCUT2D eigenvalue weighted by Gasteiger charge is 2.21. The summed E-state index contributed by atoms with van der Waals surface area (Å²) in [6.45, 7) is 0. The van der Waals surface area contributed by atoms with Crippen LogP contribution in [0.25, 0.3) is 10.3 Å². The molecule has 0 spiro atoms. The number of fused-ring (bicyclic) bond motifs is 1. The van der Waals surface area contributed by atoms with E-state index in [1.165, 1.54) is 46.7 Å². The van der Waals surface area contributed by atoms with Crippen LogP contribution in [0, 0.1) is 5.82 Å². The number of nitrogen functional groups attached to an aromatic ring is 1. The molecule has 0 unspecified atom stereocenters. The topological polar surface area (TPSA) is 72.1 Å². The quantitative estimate of drug-likeness (QED) is 0.790. The molecule has 2 heterocycles. The average Bonchev–Trinajstić information content (AvgIpc) is 2.84. The summed E-state index contributed by atoms with van der Waals surface area (Å²) in [6, 6.07) is 5.67. The van der Waals surface area contributed by atoms with Crippen molar-refractivity contribution < 1.29 is 9.18 Å². The van der Waals surface area contributed by atoms with Gasteiger partial charge < -0.3 is 10.6 Å². The smallest absolute Gasteiger partial charge is 0.270 e. The highest BCUT2D eigenvalue weighted by atomic mass is 32.1. The molecule has 0 aliphatic carbocycles. The molecule has 3 aromatic rings. The van der Waals surface area contributed by atoms with Gasteiger partial charge in [0, 0.05) is 25.1 Å². The number of rotatable bonds is 2. The lowest BCUT2D eigenvalue weighted by Gasteiger charge is -2.16. The summed E-state index contributed by atoms with van der Waals surface area (Å²) in [6.07, 6.45) is 3.08. The number of benzene rings is 1. The SMILES string of the molecule is CN(C(=O)c1sc2nccnc2c1N)c1ccc(F)cc1. The van der Waals surface area contributed by atoms with Gasteiger partial charge in [0.05, 0.1) is 5.69 Å². The molecule has 2 N–H and O–H groups in total. The lowest BCUT2D eigenvalue weighted by atomic mass is 10.2. The summed E-state index contributed by atoms with van der Waals surface area (Å²) >= 11 is 1.19. The number of halogens is 1. The summed E-state index contributed by atoms with van der Waals surface area (Å²) in [7, 11) is 1.61. The molecule has 0 saturated carbocycles. The molecule has 3 rings (SSSR count). The fraction of sp³-hybridized carbons (Fsp3) is 0.0714. The van der Waals surface area contributed by atoms with Crippen LogP contribution in [0.4, 0.5) is 15.8 Å². The summed E-state index contributed by atoms with van der Waals surface area (Å²) in [5, 5.41) is 0. The van der Waals surface area contributed by atoms with Gasteiger partial charge in [0.1, 0.15) is 21.0 Å². The number of thiophene rings is 1. The number of hydrogen-bond donors (Lipinski definition) is 1. The zero-order valence-corrected chi connectivity index (χ0v) is 11.9. The lowest BCUT2D eigenvalue weighted by molar-refractivity contribution is 0.0997. The van der Waals surface area contributed by atoms with Gasteiger partial charge in [0.15, 0.2) is 0 Å². The van der Waals surface area contributed by atoms with Gasteiger partial charge >= 0.3 is 0 Å². The van der Waals surface area contributed by atoms with E-state index in [4.69, 9.17) is 5.73 Å². The van der Waals surface area contributed by atoms with E-state index in [0.29, 0.717) is 26.6 Å². The fourth-order valence-corrected chi connectivity index (χ4v) is 2.93. The van der Waals surface area contributed by atoms with E-state index in [-0.39, 0.29) is 11.7 Å². The number of anilines is 2. The van der Waals surface area contributed by atoms with E-state index >= 15 is 0 Å². The first-order valence-corrected chi connectivity index (χ1v) is 6.92. The van der Waals surface area contributed by atoms with E-state index < -0.39 is 0 Å². The first-order chi connectivity index (χ1) is 10.1. The number of nitrogens with zero attached hydrogens (tertiary/aromatic N) is 3. The number of carbonyl (C=O) groups is 1. The maximum absolute atomic E-state index is 12.9. The molecular formula is C14H11FN4OS. The molecule has 2 aromatic heterocycles. The first-order valence-electron chi connectivity index (χ1n) is 6.10. The second-order valence-corrected chi connectivity index (χ2v) is 5.39. The molecule has 0 saturated heterocycles. The molecule has 0 aliphatic rings. The summed E-state index contributed by atoms with van der Waals surface area (Å²) < 4.78 is 12.9. The van der Waals surface area contributed by atoms with Crippen LogP contribution in [-0.2, 0) is 0 Å². The van der Waals surface area contributed by atoms with Gasteiger partial charge in [0.2, 0.25) is 0 Å². The third-order valence-electron chi connectivity index (χ3n) is 3.08. The van der Waals surface area contributed by atoms with Crippen LogP contribution in [0.15, 0.2) is 36.7 Å². The first kappa shape index (κ1) is 13.4. The minimum absolute atomic E-state index is 0.274. The second-order valence-electron chi connectivity index (χ2n) is 4.40. The molecule has 5 nitrogen and oxygen atoms in total. The van der Waals surface area contributed by atoms with Crippen LogP contribution in [0.2, 0.25) is 0 Å². The second kappa shape index (κ2) is 5.10. The third kappa shape index (κ3) is 2.31. The van der Waals surface area contributed by atoms with Crippen molar-refractivity contribution >= 4 is 39.0 Å². The molecule has 1 amide bonds. The van der Waals surface area contributed by atoms with Gasteiger partial charge in [-0.05, 0) is 24.3 Å². The Morgan fingerprint density at radius 2 is 1.90 bits per heavy atom. The third-order valence-corrected chi connectivity index (χ3v) is 4.17. The van der Waals surface area contributed by atoms with Crippen molar-refractivity contribution in [1.82, 2.24) is 9.97 Å². The Balaban J connectivity index is 2.00. The minimum atomic E-state index is -0.352. The van der Waals surface area contributed by atoms with Crippen LogP contribution in [0.5, 0.6) is 0 Å². The van der Waals surface area contributed by atoms with Crippen LogP contribution < -0.4 is 10.6 Å². The van der Waals surface area contributed by atoms with Crippen molar-refractivity contribution in [2.45, 2.75) is 0 Å². The van der Waals surface area contributed by atoms with Crippen LogP contribution in [-0.4, -0.2) is 22.9 Å². The molecule has 7 heteroatoms. The monoisotopic (exact) mass is 302 g/mol. The number of aromatic nitrogens is 2. The molecule has 0 bridgehead atoms. The number of hydrogen-bond acceptors (Lipinski definition) is 5. The fourth-order valence-electron chi connectivity index (χ4n) is 1.94. The molecule has 21 heavy (non-hydrogen) atoms. The molecule has 106 valence electrons. The largest absolute Gasteiger partial charge is 0.396 e. The maximum atomic E-state index is 12.9. The Hall–Kier alpha value is -2.54. The van der Waals surface area contributed by atoms with Crippen LogP contribution >= 0.6 is 11.3 Å². The Kier molecular flexibility index (Phi) is 3.26. The van der Waals surface area contributed by atoms with Gasteiger partial charge in [-0.2, -0.15) is 0 Å². The Labute approximate surface area is 123 Å². The van der Waals surface area contributed by atoms with Gasteiger partial charge in [-0.15, -0.1) is 11.3 Å². The van der Waals surface area contributed by atoms with Crippen LogP contribution in [0.3, 0.4) is 0 Å². The van der Waals surface area contributed by atoms with E-state index in [9.17, 15) is 9.18 Å². The van der Waals surface area contributed by atoms with Crippen molar-refractivity contribution in [2.24, 2.45) is 0 Å². The molecule has 0 aliphatic heterocycles. The van der Waals surface area contributed by atoms with Crippen molar-refractivity contribution in [2.75, 3.05) is 17.7 Å². The van der Waals surface area contributed by atoms with Crippen molar-refractivity contribution in [3.63, 3.8) is 0 Å². The van der Waals surface area contributed by atoms with Gasteiger partial charge in [-0.3, -0.25) is 4.79 Å². The number of amides is 1. The number of carbonyl (C=O) groups excluding carboxylic acids is 1. The maximum Gasteiger partial charge on any atom is 0.270 e. The van der Waals surface area contributed by atoms with E-state index in [1.807, 2.05) is 0 Å². The zero-order chi connectivity index (χ0) is 15.0. The summed E-state index contributed by atoms with van der Waals surface area (Å²) in [5.41, 5.74) is 7.41. The van der Waals surface area contributed by atoms with Crippen molar-refractivity contribution in [1.29, 1.82) is 0 Å². The molecule has 1 aromatic carbocycles. The Morgan fingerprint density at radius 1 is 1.24 bits per heavy atom. The molecule has 0 fully saturated rings. The minimum Gasteiger partial charge on any atom is -0.396 e. The van der Waals surface area contributed by atoms with Crippen molar-refractivity contribution in [3.05, 3.63) is 47.4 Å². The summed E-state index contributed by atoms with van der Waals surface area (Å²) in [4.78, 5) is 23.2. The van der Waals surface area contributed by atoms with E-state index in [2.05, 4.69) is 9.97 Å². The average molecular weight is 302 g/mol. The highest BCUT2D eigenvalue weighted by Crippen LogP contribution is 2.32. The number of nitrogens with two attached hydrogens (primary N) is 1. The Bertz CT molecular complexity index is 815. The highest BCUT2D eigenvalue weighted by molar-refractivity contribution is 7.21. The Morgan fingerprint density at radius 3 is 2.57 bits per heavy atom. The van der Waals surface area contributed by atoms with Crippen LogP contribution in [0.1, 0.15) is 9.67 Å². The van der Waals surface area contributed by atoms with Gasteiger partial charge in [0.25, 0.3) is 5.91 Å². The predicted octanol–water partition coefficient (Wildman–Crippen LogP) is 2.69. The molecule has 0 atom stereocenters. The van der Waals surface area contributed by atoms with E-state index in [1.54, 1.807) is 13.2 Å². The predicted molar refractivity (Wildman–Crippen MR) is 81.0 cm³/mol. The standard InChI is InChI=1S/C14H11FN4OS/c1-19(9-4-2-8(15)3-5-9)14(20)12-10(16)11-13(21-12)18-7-6-17-11/h2-7H,16H2,1H3. The zero-order valence-electron chi connectivity index (χ0n) is 11.1. The lowest BCUT2D eigenvalue weighted by Crippen LogP contribution is -2.26. The molecule has 0 radical (unpaired) electrons. The van der Waals surface area contributed by atoms with Gasteiger partial charge in [-0.25, -0.2) is 14.4 Å². The molecular weight excluding hydrogens is 291 g/mol. The van der Waals surface area contributed by atoms with Crippen molar-refractivity contribution in [3.8, 4) is 0 Å². The summed E-state index contributed by atoms with van der Waals surface area (Å²) in [5.74, 6) is -0.627.